The highest BCUT2D eigenvalue weighted by molar-refractivity contribution is 5.85. The molecule has 142 valence electrons. The molecule has 0 spiro atoms. The number of nitrogens with two attached hydrogens (primary N) is 1. The van der Waals surface area contributed by atoms with Crippen molar-refractivity contribution in [3.63, 3.8) is 0 Å². The smallest absolute Gasteiger partial charge is 0.237 e. The fourth-order valence-corrected chi connectivity index (χ4v) is 4.78. The van der Waals surface area contributed by atoms with Crippen LogP contribution in [-0.4, -0.2) is 53.6 Å². The molecule has 0 radical (unpaired) electrons. The van der Waals surface area contributed by atoms with Crippen molar-refractivity contribution in [1.82, 2.24) is 4.90 Å². The fraction of sp³-hybridized carbons (Fsp3) is 0.632. The summed E-state index contributed by atoms with van der Waals surface area (Å²) in [6.07, 6.45) is 1.99. The largest absolute Gasteiger partial charge is 0.379 e. The number of hydrogen-bond acceptors (Lipinski definition) is 5. The van der Waals surface area contributed by atoms with Crippen LogP contribution in [0.4, 0.5) is 0 Å². The van der Waals surface area contributed by atoms with Gasteiger partial charge in [-0.15, -0.1) is 0 Å². The summed E-state index contributed by atoms with van der Waals surface area (Å²) >= 11 is 0. The van der Waals surface area contributed by atoms with Gasteiger partial charge in [0.15, 0.2) is 0 Å². The maximum absolute atomic E-state index is 12.4. The van der Waals surface area contributed by atoms with E-state index in [4.69, 9.17) is 10.5 Å². The summed E-state index contributed by atoms with van der Waals surface area (Å²) in [5.41, 5.74) is 6.10. The Morgan fingerprint density at radius 3 is 2.58 bits per heavy atom. The van der Waals surface area contributed by atoms with Gasteiger partial charge < -0.3 is 10.5 Å². The van der Waals surface area contributed by atoms with Crippen LogP contribution in [0.5, 0.6) is 0 Å². The van der Waals surface area contributed by atoms with Gasteiger partial charge in [-0.1, -0.05) is 30.3 Å². The minimum atomic E-state index is -0.712. The third kappa shape index (κ3) is 3.46. The summed E-state index contributed by atoms with van der Waals surface area (Å²) < 4.78 is 5.41. The molecule has 0 aromatic heterocycles. The first-order valence-corrected chi connectivity index (χ1v) is 9.27. The van der Waals surface area contributed by atoms with Crippen LogP contribution < -0.4 is 5.73 Å². The fourth-order valence-electron chi connectivity index (χ4n) is 4.78. The van der Waals surface area contributed by atoms with Crippen molar-refractivity contribution in [3.05, 3.63) is 46.0 Å². The van der Waals surface area contributed by atoms with E-state index in [-0.39, 0.29) is 22.7 Å². The van der Waals surface area contributed by atoms with Crippen molar-refractivity contribution >= 4 is 5.91 Å². The molecule has 1 saturated heterocycles. The van der Waals surface area contributed by atoms with E-state index >= 15 is 0 Å². The van der Waals surface area contributed by atoms with Gasteiger partial charge in [0.2, 0.25) is 11.9 Å². The van der Waals surface area contributed by atoms with Crippen LogP contribution in [0.1, 0.15) is 37.7 Å². The van der Waals surface area contributed by atoms with Crippen LogP contribution in [0.2, 0.25) is 0 Å². The summed E-state index contributed by atoms with van der Waals surface area (Å²) in [6, 6.07) is 8.91. The lowest BCUT2D eigenvalue weighted by Crippen LogP contribution is -2.59. The average molecular weight is 361 g/mol. The van der Waals surface area contributed by atoms with Crippen LogP contribution in [0, 0.1) is 16.0 Å². The number of carbonyl (C=O) groups is 1. The molecule has 1 aliphatic heterocycles. The van der Waals surface area contributed by atoms with Gasteiger partial charge in [-0.2, -0.15) is 0 Å². The van der Waals surface area contributed by atoms with E-state index in [0.29, 0.717) is 39.1 Å². The van der Waals surface area contributed by atoms with Crippen LogP contribution in [-0.2, 0) is 9.53 Å². The SMILES string of the molecule is CC([C@H](c1ccccc1)C1CCC(C(N)=O)(N2CCOCC2)C1)[N+](=O)[O-]. The standard InChI is InChI=1S/C19H27N3O4/c1-14(22(24)25)17(15-5-3-2-4-6-15)16-7-8-19(13-16,18(20)23)21-9-11-26-12-10-21/h2-6,14,16-17H,7-13H2,1H3,(H2,20,23)/t14?,16?,17-,19?/m1/s1. The first kappa shape index (κ1) is 18.8. The molecule has 1 amide bonds. The second kappa shape index (κ2) is 7.72. The predicted octanol–water partition coefficient (Wildman–Crippen LogP) is 1.79. The molecule has 2 N–H and O–H groups in total. The van der Waals surface area contributed by atoms with Crippen LogP contribution >= 0.6 is 0 Å². The van der Waals surface area contributed by atoms with E-state index < -0.39 is 11.6 Å². The Labute approximate surface area is 153 Å². The average Bonchev–Trinajstić information content (AvgIpc) is 3.10. The molecule has 3 rings (SSSR count). The topological polar surface area (TPSA) is 98.7 Å². The lowest BCUT2D eigenvalue weighted by atomic mass is 9.79. The van der Waals surface area contributed by atoms with Gasteiger partial charge in [-0.25, -0.2) is 0 Å². The van der Waals surface area contributed by atoms with Crippen LogP contribution in [0.3, 0.4) is 0 Å². The Kier molecular flexibility index (Phi) is 5.58. The molecule has 2 aliphatic rings. The number of morpholine rings is 1. The van der Waals surface area contributed by atoms with E-state index in [1.807, 2.05) is 30.3 Å². The molecule has 2 fully saturated rings. The van der Waals surface area contributed by atoms with Crippen molar-refractivity contribution in [2.45, 2.75) is 43.7 Å². The van der Waals surface area contributed by atoms with Crippen LogP contribution in [0.25, 0.3) is 0 Å². The van der Waals surface area contributed by atoms with Crippen molar-refractivity contribution < 1.29 is 14.5 Å². The number of carbonyl (C=O) groups excluding carboxylic acids is 1. The molecule has 1 aliphatic carbocycles. The molecule has 1 saturated carbocycles. The summed E-state index contributed by atoms with van der Waals surface area (Å²) in [7, 11) is 0. The van der Waals surface area contributed by atoms with Crippen molar-refractivity contribution in [2.75, 3.05) is 26.3 Å². The lowest BCUT2D eigenvalue weighted by Gasteiger charge is -2.41. The van der Waals surface area contributed by atoms with Crippen molar-refractivity contribution in [2.24, 2.45) is 11.7 Å². The maximum Gasteiger partial charge on any atom is 0.237 e. The minimum Gasteiger partial charge on any atom is -0.379 e. The first-order chi connectivity index (χ1) is 12.5. The summed E-state index contributed by atoms with van der Waals surface area (Å²) in [6.45, 7) is 4.20. The second-order valence-electron chi connectivity index (χ2n) is 7.46. The van der Waals surface area contributed by atoms with E-state index in [1.165, 1.54) is 0 Å². The summed E-state index contributed by atoms with van der Waals surface area (Å²) in [4.78, 5) is 25.9. The molecule has 26 heavy (non-hydrogen) atoms. The summed E-state index contributed by atoms with van der Waals surface area (Å²) in [5.74, 6) is -0.496. The molecule has 3 unspecified atom stereocenters. The molecule has 1 aromatic carbocycles. The number of nitro groups is 1. The monoisotopic (exact) mass is 361 g/mol. The Balaban J connectivity index is 1.89. The Hall–Kier alpha value is -1.99. The number of benzene rings is 1. The van der Waals surface area contributed by atoms with E-state index in [2.05, 4.69) is 4.90 Å². The molecule has 7 nitrogen and oxygen atoms in total. The third-order valence-electron chi connectivity index (χ3n) is 6.15. The third-order valence-corrected chi connectivity index (χ3v) is 6.15. The summed E-state index contributed by atoms with van der Waals surface area (Å²) in [5, 5.41) is 11.6. The first-order valence-electron chi connectivity index (χ1n) is 9.27. The number of ether oxygens (including phenoxy) is 1. The highest BCUT2D eigenvalue weighted by atomic mass is 16.6. The predicted molar refractivity (Wildman–Crippen MR) is 97.3 cm³/mol. The molecule has 7 heteroatoms. The highest BCUT2D eigenvalue weighted by Gasteiger charge is 2.52. The highest BCUT2D eigenvalue weighted by Crippen LogP contribution is 2.47. The Bertz CT molecular complexity index is 647. The van der Waals surface area contributed by atoms with Gasteiger partial charge in [-0.3, -0.25) is 19.8 Å². The van der Waals surface area contributed by atoms with Crippen molar-refractivity contribution in [3.8, 4) is 0 Å². The number of rotatable bonds is 6. The molecule has 1 aromatic rings. The second-order valence-corrected chi connectivity index (χ2v) is 7.46. The number of nitrogens with zero attached hydrogens (tertiary/aromatic N) is 2. The van der Waals surface area contributed by atoms with Gasteiger partial charge in [0.25, 0.3) is 0 Å². The van der Waals surface area contributed by atoms with Gasteiger partial charge in [0.1, 0.15) is 5.54 Å². The van der Waals surface area contributed by atoms with E-state index in [0.717, 1.165) is 12.0 Å². The molecular formula is C19H27N3O4. The van der Waals surface area contributed by atoms with Gasteiger partial charge in [0, 0.05) is 24.9 Å². The Morgan fingerprint density at radius 1 is 1.35 bits per heavy atom. The normalized spacial score (nSPS) is 29.2. The quantitative estimate of drug-likeness (QED) is 0.615. The molecule has 4 atom stereocenters. The molecule has 1 heterocycles. The zero-order chi connectivity index (χ0) is 18.7. The zero-order valence-electron chi connectivity index (χ0n) is 15.2. The van der Waals surface area contributed by atoms with Gasteiger partial charge in [0.05, 0.1) is 19.1 Å². The molecule has 0 bridgehead atoms. The van der Waals surface area contributed by atoms with Crippen molar-refractivity contribution in [1.29, 1.82) is 0 Å². The van der Waals surface area contributed by atoms with E-state index in [9.17, 15) is 14.9 Å². The van der Waals surface area contributed by atoms with Gasteiger partial charge in [-0.05, 0) is 30.7 Å². The zero-order valence-corrected chi connectivity index (χ0v) is 15.2. The van der Waals surface area contributed by atoms with E-state index in [1.54, 1.807) is 6.92 Å². The van der Waals surface area contributed by atoms with Gasteiger partial charge >= 0.3 is 0 Å². The number of hydrogen-bond donors (Lipinski definition) is 1. The minimum absolute atomic E-state index is 0.0492. The van der Waals surface area contributed by atoms with Crippen LogP contribution in [0.15, 0.2) is 30.3 Å². The number of primary amides is 1. The molecular weight excluding hydrogens is 334 g/mol. The lowest BCUT2D eigenvalue weighted by molar-refractivity contribution is -0.524. The maximum atomic E-state index is 12.4. The number of amides is 1. The Morgan fingerprint density at radius 2 is 2.00 bits per heavy atom.